The number of ether oxygens (including phenoxy) is 1. The number of benzene rings is 1. The molecule has 0 bridgehead atoms. The van der Waals surface area contributed by atoms with Gasteiger partial charge in [0.1, 0.15) is 25.2 Å². The molecule has 0 radical (unpaired) electrons. The molecule has 11 nitrogen and oxygen atoms in total. The number of carbonyl (C=O) groups is 5. The van der Waals surface area contributed by atoms with Crippen LogP contribution < -0.4 is 16.0 Å². The molecule has 11 heteroatoms. The number of fused-ring (bicyclic) bond motifs is 1. The van der Waals surface area contributed by atoms with E-state index in [2.05, 4.69) is 16.0 Å². The zero-order valence-electron chi connectivity index (χ0n) is 22.0. The van der Waals surface area contributed by atoms with Gasteiger partial charge in [-0.15, -0.1) is 0 Å². The van der Waals surface area contributed by atoms with E-state index >= 15 is 0 Å². The fraction of sp³-hybridized carbons (Fsp3) is 0.593. The lowest BCUT2D eigenvalue weighted by molar-refractivity contribution is -0.149. The first-order valence-corrected chi connectivity index (χ1v) is 13.4. The van der Waals surface area contributed by atoms with Crippen molar-refractivity contribution in [1.82, 2.24) is 25.8 Å². The van der Waals surface area contributed by atoms with E-state index in [0.29, 0.717) is 24.9 Å². The summed E-state index contributed by atoms with van der Waals surface area (Å²) in [4.78, 5) is 66.8. The van der Waals surface area contributed by atoms with Crippen LogP contribution in [0.1, 0.15) is 61.4 Å². The van der Waals surface area contributed by atoms with E-state index in [0.717, 1.165) is 31.2 Å². The van der Waals surface area contributed by atoms with Crippen LogP contribution in [-0.4, -0.2) is 90.3 Å². The van der Waals surface area contributed by atoms with E-state index in [1.165, 1.54) is 4.90 Å². The minimum absolute atomic E-state index is 0.0168. The Labute approximate surface area is 222 Å². The van der Waals surface area contributed by atoms with Gasteiger partial charge in [-0.05, 0) is 57.4 Å². The van der Waals surface area contributed by atoms with Gasteiger partial charge in [0, 0.05) is 18.2 Å². The number of esters is 1. The van der Waals surface area contributed by atoms with E-state index in [9.17, 15) is 24.0 Å². The number of hydrogen-bond acceptors (Lipinski definition) is 7. The highest BCUT2D eigenvalue weighted by Gasteiger charge is 2.43. The lowest BCUT2D eigenvalue weighted by Gasteiger charge is -2.35. The summed E-state index contributed by atoms with van der Waals surface area (Å²) in [5.41, 5.74) is 1.17. The highest BCUT2D eigenvalue weighted by atomic mass is 16.5. The Morgan fingerprint density at radius 3 is 2.66 bits per heavy atom. The fourth-order valence-corrected chi connectivity index (χ4v) is 5.38. The van der Waals surface area contributed by atoms with E-state index in [1.54, 1.807) is 37.1 Å². The molecular formula is C27H37N5O6. The van der Waals surface area contributed by atoms with Crippen LogP contribution >= 0.6 is 0 Å². The van der Waals surface area contributed by atoms with Gasteiger partial charge in [0.25, 0.3) is 5.91 Å². The standard InChI is InChI=1S/C27H37N5O6/c1-17(28-2)24(34)30-21-9-4-3-8-20-10-11-22(32(20)27(21)37)25(35)29-15-18-6-5-7-19(14-18)26(36)31-12-13-38-23(33)16-31/h5-7,14,17,20-22,28H,3-4,8-13,15-16H2,1-2H3,(H,29,35)(H,30,34)/t17?,20-,21-,22-/m0/s1. The molecule has 4 amide bonds. The molecule has 4 rings (SSSR count). The summed E-state index contributed by atoms with van der Waals surface area (Å²) in [6.07, 6.45) is 4.50. The molecule has 3 heterocycles. The molecule has 0 spiro atoms. The average molecular weight is 528 g/mol. The van der Waals surface area contributed by atoms with Crippen LogP contribution in [0.2, 0.25) is 0 Å². The Morgan fingerprint density at radius 1 is 1.11 bits per heavy atom. The number of cyclic esters (lactones) is 1. The molecule has 0 saturated carbocycles. The van der Waals surface area contributed by atoms with Gasteiger partial charge in [-0.25, -0.2) is 0 Å². The lowest BCUT2D eigenvalue weighted by Crippen LogP contribution is -2.57. The van der Waals surface area contributed by atoms with Gasteiger partial charge >= 0.3 is 5.97 Å². The average Bonchev–Trinajstić information content (AvgIpc) is 3.34. The van der Waals surface area contributed by atoms with Gasteiger partial charge in [-0.2, -0.15) is 0 Å². The Balaban J connectivity index is 1.40. The maximum absolute atomic E-state index is 13.5. The van der Waals surface area contributed by atoms with E-state index in [1.807, 2.05) is 6.07 Å². The second-order valence-electron chi connectivity index (χ2n) is 10.2. The Bertz CT molecular complexity index is 1080. The van der Waals surface area contributed by atoms with E-state index in [4.69, 9.17) is 4.74 Å². The normalized spacial score (nSPS) is 24.5. The van der Waals surface area contributed by atoms with E-state index in [-0.39, 0.29) is 49.4 Å². The van der Waals surface area contributed by atoms with Gasteiger partial charge in [-0.3, -0.25) is 24.0 Å². The second kappa shape index (κ2) is 12.4. The first-order valence-electron chi connectivity index (χ1n) is 13.4. The highest BCUT2D eigenvalue weighted by molar-refractivity contribution is 5.96. The number of carbonyl (C=O) groups excluding carboxylic acids is 5. The molecule has 0 aliphatic carbocycles. The zero-order chi connectivity index (χ0) is 27.2. The smallest absolute Gasteiger partial charge is 0.325 e. The molecule has 3 aliphatic rings. The maximum atomic E-state index is 13.5. The van der Waals surface area contributed by atoms with Crippen LogP contribution in [0.4, 0.5) is 0 Å². The van der Waals surface area contributed by atoms with Gasteiger partial charge < -0.3 is 30.5 Å². The minimum atomic E-state index is -0.649. The molecule has 0 aromatic heterocycles. The number of likely N-dealkylation sites (N-methyl/N-ethyl adjacent to an activating group) is 1. The number of hydrogen-bond donors (Lipinski definition) is 3. The highest BCUT2D eigenvalue weighted by Crippen LogP contribution is 2.31. The monoisotopic (exact) mass is 527 g/mol. The molecule has 1 unspecified atom stereocenters. The summed E-state index contributed by atoms with van der Waals surface area (Å²) < 4.78 is 4.90. The summed E-state index contributed by atoms with van der Waals surface area (Å²) in [6.45, 7) is 2.37. The molecular weight excluding hydrogens is 490 g/mol. The third-order valence-electron chi connectivity index (χ3n) is 7.65. The van der Waals surface area contributed by atoms with Crippen LogP contribution in [-0.2, 0) is 30.5 Å². The molecule has 1 aromatic rings. The van der Waals surface area contributed by atoms with Gasteiger partial charge in [0.05, 0.1) is 12.6 Å². The topological polar surface area (TPSA) is 137 Å². The molecule has 3 saturated heterocycles. The Kier molecular flexibility index (Phi) is 8.98. The van der Waals surface area contributed by atoms with Crippen molar-refractivity contribution in [3.63, 3.8) is 0 Å². The van der Waals surface area contributed by atoms with Crippen molar-refractivity contribution in [1.29, 1.82) is 0 Å². The molecule has 3 N–H and O–H groups in total. The van der Waals surface area contributed by atoms with Crippen molar-refractivity contribution in [3.05, 3.63) is 35.4 Å². The Hall–Kier alpha value is -3.47. The van der Waals surface area contributed by atoms with Gasteiger partial charge in [0.2, 0.25) is 17.7 Å². The summed E-state index contributed by atoms with van der Waals surface area (Å²) >= 11 is 0. The van der Waals surface area contributed by atoms with Crippen LogP contribution in [0.3, 0.4) is 0 Å². The predicted octanol–water partition coefficient (Wildman–Crippen LogP) is 0.328. The number of nitrogens with one attached hydrogen (secondary N) is 3. The van der Waals surface area contributed by atoms with Crippen LogP contribution in [0, 0.1) is 0 Å². The van der Waals surface area contributed by atoms with Crippen molar-refractivity contribution >= 4 is 29.6 Å². The van der Waals surface area contributed by atoms with Crippen molar-refractivity contribution in [2.45, 2.75) is 76.2 Å². The van der Waals surface area contributed by atoms with Crippen molar-refractivity contribution in [3.8, 4) is 0 Å². The summed E-state index contributed by atoms with van der Waals surface area (Å²) in [5.74, 6) is -1.37. The molecule has 4 atom stereocenters. The largest absolute Gasteiger partial charge is 0.462 e. The number of amides is 4. The summed E-state index contributed by atoms with van der Waals surface area (Å²) in [5, 5.41) is 8.70. The predicted molar refractivity (Wildman–Crippen MR) is 138 cm³/mol. The van der Waals surface area contributed by atoms with Crippen molar-refractivity contribution in [2.24, 2.45) is 0 Å². The number of morpholine rings is 1. The third kappa shape index (κ3) is 6.32. The lowest BCUT2D eigenvalue weighted by atomic mass is 9.98. The van der Waals surface area contributed by atoms with Gasteiger partial charge in [0.15, 0.2) is 0 Å². The maximum Gasteiger partial charge on any atom is 0.325 e. The minimum Gasteiger partial charge on any atom is -0.462 e. The molecule has 206 valence electrons. The van der Waals surface area contributed by atoms with Gasteiger partial charge in [-0.1, -0.05) is 25.0 Å². The van der Waals surface area contributed by atoms with Crippen molar-refractivity contribution in [2.75, 3.05) is 26.7 Å². The van der Waals surface area contributed by atoms with E-state index < -0.39 is 24.1 Å². The first kappa shape index (κ1) is 27.6. The molecule has 38 heavy (non-hydrogen) atoms. The van der Waals surface area contributed by atoms with Crippen LogP contribution in [0.15, 0.2) is 24.3 Å². The summed E-state index contributed by atoms with van der Waals surface area (Å²) in [6, 6.07) is 5.25. The Morgan fingerprint density at radius 2 is 1.89 bits per heavy atom. The number of nitrogens with zero attached hydrogens (tertiary/aromatic N) is 2. The summed E-state index contributed by atoms with van der Waals surface area (Å²) in [7, 11) is 1.69. The van der Waals surface area contributed by atoms with Crippen molar-refractivity contribution < 1.29 is 28.7 Å². The quantitative estimate of drug-likeness (QED) is 0.435. The fourth-order valence-electron chi connectivity index (χ4n) is 5.38. The first-order chi connectivity index (χ1) is 18.3. The third-order valence-corrected chi connectivity index (χ3v) is 7.65. The molecule has 3 fully saturated rings. The van der Waals surface area contributed by atoms with Crippen LogP contribution in [0.25, 0.3) is 0 Å². The zero-order valence-corrected chi connectivity index (χ0v) is 22.0. The second-order valence-corrected chi connectivity index (χ2v) is 10.2. The van der Waals surface area contributed by atoms with Crippen LogP contribution in [0.5, 0.6) is 0 Å². The number of rotatable bonds is 7. The molecule has 3 aliphatic heterocycles. The SMILES string of the molecule is CNC(C)C(=O)N[C@H]1CCCC[C@H]2CC[C@@H](C(=O)NCc3cccc(C(=O)N4CCOC(=O)C4)c3)N2C1=O. The molecule has 1 aromatic carbocycles.